The van der Waals surface area contributed by atoms with Crippen molar-refractivity contribution in [3.05, 3.63) is 34.9 Å². The zero-order chi connectivity index (χ0) is 21.3. The number of likely N-dealkylation sites (tertiary alicyclic amines) is 1. The Balaban J connectivity index is 0.00000450. The molecule has 1 fully saturated rings. The molecule has 5 nitrogen and oxygen atoms in total. The second-order valence-corrected chi connectivity index (χ2v) is 7.72. The molecule has 0 aromatic heterocycles. The molecule has 0 amide bonds. The number of nitrogens with zero attached hydrogens (tertiary/aromatic N) is 2. The number of methoxy groups -OCH3 is 1. The Morgan fingerprint density at radius 1 is 1.30 bits per heavy atom. The maximum atomic E-state index is 12.5. The van der Waals surface area contributed by atoms with E-state index < -0.39 is 12.7 Å². The maximum absolute atomic E-state index is 12.5. The fraction of sp³-hybridized carbons (Fsp3) is 0.650. The first-order valence-corrected chi connectivity index (χ1v) is 10.2. The van der Waals surface area contributed by atoms with E-state index in [-0.39, 0.29) is 30.1 Å². The van der Waals surface area contributed by atoms with Gasteiger partial charge in [-0.15, -0.1) is 24.0 Å². The predicted molar refractivity (Wildman–Crippen MR) is 126 cm³/mol. The standard InChI is InChI=1S/C20H30ClF3N4O.HI/c1-25-19(27-13-18(29-2)16-4-3-5-17(21)12-16)26-9-6-15-7-10-28(11-8-15)14-20(22,23)24;/h3-5,12,15,18H,6-11,13-14H2,1-2H3,(H2,25,26,27);1H. The van der Waals surface area contributed by atoms with Crippen LogP contribution in [0.2, 0.25) is 5.02 Å². The normalized spacial score (nSPS) is 17.3. The number of rotatable bonds is 8. The minimum atomic E-state index is -4.11. The topological polar surface area (TPSA) is 48.9 Å². The molecule has 0 bridgehead atoms. The Hall–Kier alpha value is -0.780. The number of ether oxygens (including phenoxy) is 1. The van der Waals surface area contributed by atoms with E-state index in [1.165, 1.54) is 4.90 Å². The van der Waals surface area contributed by atoms with Crippen molar-refractivity contribution in [2.45, 2.75) is 31.5 Å². The van der Waals surface area contributed by atoms with Crippen molar-refractivity contribution in [2.24, 2.45) is 10.9 Å². The largest absolute Gasteiger partial charge is 0.401 e. The monoisotopic (exact) mass is 562 g/mol. The van der Waals surface area contributed by atoms with Crippen LogP contribution in [0.1, 0.15) is 30.9 Å². The van der Waals surface area contributed by atoms with Crippen LogP contribution in [0.15, 0.2) is 29.3 Å². The zero-order valence-corrected chi connectivity index (χ0v) is 20.4. The van der Waals surface area contributed by atoms with Crippen molar-refractivity contribution >= 4 is 41.5 Å². The number of aliphatic imine (C=N–C) groups is 1. The van der Waals surface area contributed by atoms with Gasteiger partial charge in [-0.25, -0.2) is 0 Å². The quantitative estimate of drug-likeness (QED) is 0.279. The molecule has 1 aliphatic heterocycles. The van der Waals surface area contributed by atoms with Crippen LogP contribution in [0.5, 0.6) is 0 Å². The summed E-state index contributed by atoms with van der Waals surface area (Å²) in [5, 5.41) is 7.18. The van der Waals surface area contributed by atoms with Crippen LogP contribution in [-0.2, 0) is 4.74 Å². The van der Waals surface area contributed by atoms with Gasteiger partial charge < -0.3 is 15.4 Å². The van der Waals surface area contributed by atoms with Crippen LogP contribution < -0.4 is 10.6 Å². The third-order valence-corrected chi connectivity index (χ3v) is 5.37. The lowest BCUT2D eigenvalue weighted by Crippen LogP contribution is -2.42. The summed E-state index contributed by atoms with van der Waals surface area (Å²) in [4.78, 5) is 5.71. The van der Waals surface area contributed by atoms with E-state index in [1.54, 1.807) is 14.2 Å². The van der Waals surface area contributed by atoms with Gasteiger partial charge in [-0.1, -0.05) is 23.7 Å². The minimum Gasteiger partial charge on any atom is -0.375 e. The number of piperidine rings is 1. The Labute approximate surface area is 198 Å². The maximum Gasteiger partial charge on any atom is 0.401 e. The molecule has 10 heteroatoms. The van der Waals surface area contributed by atoms with Crippen LogP contribution in [-0.4, -0.2) is 63.9 Å². The molecule has 0 spiro atoms. The molecule has 1 heterocycles. The van der Waals surface area contributed by atoms with Crippen molar-refractivity contribution in [1.82, 2.24) is 15.5 Å². The Bertz CT molecular complexity index is 655. The third kappa shape index (κ3) is 10.0. The molecular formula is C20H31ClF3IN4O. The van der Waals surface area contributed by atoms with Crippen molar-refractivity contribution in [3.63, 3.8) is 0 Å². The molecule has 0 saturated carbocycles. The molecule has 0 radical (unpaired) electrons. The van der Waals surface area contributed by atoms with E-state index >= 15 is 0 Å². The Kier molecular flexibility index (Phi) is 12.3. The first kappa shape index (κ1) is 27.3. The smallest absolute Gasteiger partial charge is 0.375 e. The first-order valence-electron chi connectivity index (χ1n) is 9.82. The highest BCUT2D eigenvalue weighted by atomic mass is 127. The van der Waals surface area contributed by atoms with Gasteiger partial charge in [0, 0.05) is 32.3 Å². The summed E-state index contributed by atoms with van der Waals surface area (Å²) >= 11 is 6.05. The number of halogens is 5. The fourth-order valence-corrected chi connectivity index (χ4v) is 3.73. The highest BCUT2D eigenvalue weighted by molar-refractivity contribution is 14.0. The van der Waals surface area contributed by atoms with Crippen molar-refractivity contribution < 1.29 is 17.9 Å². The molecular weight excluding hydrogens is 532 g/mol. The number of benzene rings is 1. The van der Waals surface area contributed by atoms with Gasteiger partial charge in [0.05, 0.1) is 12.6 Å². The lowest BCUT2D eigenvalue weighted by molar-refractivity contribution is -0.148. The van der Waals surface area contributed by atoms with Crippen LogP contribution >= 0.6 is 35.6 Å². The molecule has 172 valence electrons. The second-order valence-electron chi connectivity index (χ2n) is 7.28. The SMILES string of the molecule is CN=C(NCCC1CCN(CC(F)(F)F)CC1)NCC(OC)c1cccc(Cl)c1.I. The molecule has 1 aromatic rings. The van der Waals surface area contributed by atoms with Gasteiger partial charge >= 0.3 is 6.18 Å². The van der Waals surface area contributed by atoms with E-state index in [0.717, 1.165) is 31.4 Å². The highest BCUT2D eigenvalue weighted by Crippen LogP contribution is 2.24. The zero-order valence-electron chi connectivity index (χ0n) is 17.3. The van der Waals surface area contributed by atoms with Crippen molar-refractivity contribution in [1.29, 1.82) is 0 Å². The van der Waals surface area contributed by atoms with Crippen molar-refractivity contribution in [3.8, 4) is 0 Å². The molecule has 1 atom stereocenters. The van der Waals surface area contributed by atoms with Gasteiger partial charge in [0.2, 0.25) is 0 Å². The number of hydrogen-bond donors (Lipinski definition) is 2. The van der Waals surface area contributed by atoms with E-state index in [9.17, 15) is 13.2 Å². The van der Waals surface area contributed by atoms with E-state index in [0.29, 0.717) is 36.5 Å². The average molecular weight is 563 g/mol. The van der Waals surface area contributed by atoms with Gasteiger partial charge in [-0.05, 0) is 56.0 Å². The van der Waals surface area contributed by atoms with Gasteiger partial charge in [-0.3, -0.25) is 9.89 Å². The van der Waals surface area contributed by atoms with Gasteiger partial charge in [0.1, 0.15) is 0 Å². The summed E-state index contributed by atoms with van der Waals surface area (Å²) < 4.78 is 42.9. The van der Waals surface area contributed by atoms with E-state index in [4.69, 9.17) is 16.3 Å². The van der Waals surface area contributed by atoms with Crippen LogP contribution in [0.3, 0.4) is 0 Å². The lowest BCUT2D eigenvalue weighted by atomic mass is 9.93. The minimum absolute atomic E-state index is 0. The van der Waals surface area contributed by atoms with Gasteiger partial charge in [0.25, 0.3) is 0 Å². The molecule has 1 aromatic carbocycles. The first-order chi connectivity index (χ1) is 13.8. The van der Waals surface area contributed by atoms with Gasteiger partial charge in [0.15, 0.2) is 5.96 Å². The number of nitrogens with one attached hydrogen (secondary N) is 2. The summed E-state index contributed by atoms with van der Waals surface area (Å²) in [6, 6.07) is 7.54. The molecule has 1 aliphatic rings. The van der Waals surface area contributed by atoms with Crippen LogP contribution in [0.4, 0.5) is 13.2 Å². The number of guanidine groups is 1. The lowest BCUT2D eigenvalue weighted by Gasteiger charge is -2.32. The predicted octanol–water partition coefficient (Wildman–Crippen LogP) is 4.47. The molecule has 1 saturated heterocycles. The average Bonchev–Trinajstić information content (AvgIpc) is 2.67. The Morgan fingerprint density at radius 2 is 2.00 bits per heavy atom. The van der Waals surface area contributed by atoms with Crippen LogP contribution in [0.25, 0.3) is 0 Å². The van der Waals surface area contributed by atoms with E-state index in [2.05, 4.69) is 15.6 Å². The van der Waals surface area contributed by atoms with Crippen molar-refractivity contribution in [2.75, 3.05) is 46.9 Å². The molecule has 2 N–H and O–H groups in total. The fourth-order valence-electron chi connectivity index (χ4n) is 3.54. The summed E-state index contributed by atoms with van der Waals surface area (Å²) in [5.74, 6) is 1.10. The molecule has 1 unspecified atom stereocenters. The molecule has 2 rings (SSSR count). The summed E-state index contributed by atoms with van der Waals surface area (Å²) in [6.07, 6.45) is -1.78. The number of hydrogen-bond acceptors (Lipinski definition) is 3. The molecule has 0 aliphatic carbocycles. The second kappa shape index (κ2) is 13.6. The molecule has 30 heavy (non-hydrogen) atoms. The summed E-state index contributed by atoms with van der Waals surface area (Å²) in [6.45, 7) is 1.46. The van der Waals surface area contributed by atoms with Gasteiger partial charge in [-0.2, -0.15) is 13.2 Å². The summed E-state index contributed by atoms with van der Waals surface area (Å²) in [7, 11) is 3.35. The third-order valence-electron chi connectivity index (χ3n) is 5.14. The highest BCUT2D eigenvalue weighted by Gasteiger charge is 2.32. The Morgan fingerprint density at radius 3 is 2.57 bits per heavy atom. The number of alkyl halides is 3. The summed E-state index contributed by atoms with van der Waals surface area (Å²) in [5.41, 5.74) is 0.980. The van der Waals surface area contributed by atoms with E-state index in [1.807, 2.05) is 24.3 Å². The van der Waals surface area contributed by atoms with Crippen LogP contribution in [0, 0.1) is 5.92 Å².